The molecule has 3 heteroatoms. The van der Waals surface area contributed by atoms with E-state index in [4.69, 9.17) is 5.11 Å². The Labute approximate surface area is 115 Å². The highest BCUT2D eigenvalue weighted by Gasteiger charge is 2.06. The summed E-state index contributed by atoms with van der Waals surface area (Å²) in [5, 5.41) is 9.80. The number of H-pyrrole nitrogens is 1. The first-order chi connectivity index (χ1) is 9.72. The fourth-order valence-electron chi connectivity index (χ4n) is 1.99. The van der Waals surface area contributed by atoms with Gasteiger partial charge in [0.15, 0.2) is 0 Å². The van der Waals surface area contributed by atoms with Crippen molar-refractivity contribution in [3.05, 3.63) is 71.4 Å². The second kappa shape index (κ2) is 4.94. The maximum absolute atomic E-state index is 10.9. The number of aromatic amines is 1. The molecule has 0 saturated heterocycles. The van der Waals surface area contributed by atoms with E-state index in [0.717, 1.165) is 22.0 Å². The van der Waals surface area contributed by atoms with Crippen molar-refractivity contribution < 1.29 is 9.90 Å². The number of carboxylic acids is 1. The molecule has 0 aliphatic carbocycles. The van der Waals surface area contributed by atoms with Gasteiger partial charge in [-0.2, -0.15) is 0 Å². The molecular formula is C17H11NO2. The molecule has 0 unspecified atom stereocenters. The van der Waals surface area contributed by atoms with Crippen molar-refractivity contribution in [2.45, 2.75) is 0 Å². The molecule has 1 heterocycles. The molecule has 3 nitrogen and oxygen atoms in total. The highest BCUT2D eigenvalue weighted by Crippen LogP contribution is 2.17. The van der Waals surface area contributed by atoms with Crippen LogP contribution >= 0.6 is 0 Å². The minimum atomic E-state index is -0.960. The van der Waals surface area contributed by atoms with E-state index < -0.39 is 5.97 Å². The number of fused-ring (bicyclic) bond motifs is 1. The average molecular weight is 261 g/mol. The van der Waals surface area contributed by atoms with E-state index in [9.17, 15) is 4.79 Å². The Hall–Kier alpha value is -2.99. The highest BCUT2D eigenvalue weighted by molar-refractivity contribution is 5.94. The third kappa shape index (κ3) is 2.40. The second-order valence-corrected chi connectivity index (χ2v) is 4.41. The van der Waals surface area contributed by atoms with Crippen LogP contribution in [0.5, 0.6) is 0 Å². The molecule has 2 aromatic carbocycles. The largest absolute Gasteiger partial charge is 0.477 e. The van der Waals surface area contributed by atoms with Crippen molar-refractivity contribution in [3.8, 4) is 11.8 Å². The van der Waals surface area contributed by atoms with Gasteiger partial charge >= 0.3 is 5.97 Å². The van der Waals surface area contributed by atoms with Crippen LogP contribution in [0, 0.1) is 11.8 Å². The van der Waals surface area contributed by atoms with Crippen molar-refractivity contribution in [1.82, 2.24) is 4.98 Å². The van der Waals surface area contributed by atoms with Gasteiger partial charge in [-0.15, -0.1) is 0 Å². The summed E-state index contributed by atoms with van der Waals surface area (Å²) < 4.78 is 0. The monoisotopic (exact) mass is 261 g/mol. The van der Waals surface area contributed by atoms with Gasteiger partial charge in [-0.05, 0) is 36.4 Å². The zero-order valence-electron chi connectivity index (χ0n) is 10.6. The minimum absolute atomic E-state index is 0.188. The Bertz CT molecular complexity index is 836. The summed E-state index contributed by atoms with van der Waals surface area (Å²) in [4.78, 5) is 13.8. The first-order valence-electron chi connectivity index (χ1n) is 6.15. The summed E-state index contributed by atoms with van der Waals surface area (Å²) in [6, 6.07) is 17.0. The molecule has 0 spiro atoms. The van der Waals surface area contributed by atoms with Crippen LogP contribution in [0.15, 0.2) is 54.6 Å². The lowest BCUT2D eigenvalue weighted by Gasteiger charge is -1.92. The Balaban J connectivity index is 1.97. The van der Waals surface area contributed by atoms with Crippen molar-refractivity contribution >= 4 is 16.9 Å². The van der Waals surface area contributed by atoms with E-state index in [-0.39, 0.29) is 5.69 Å². The molecule has 20 heavy (non-hydrogen) atoms. The van der Waals surface area contributed by atoms with Crippen LogP contribution < -0.4 is 0 Å². The van der Waals surface area contributed by atoms with Crippen molar-refractivity contribution in [2.24, 2.45) is 0 Å². The van der Waals surface area contributed by atoms with E-state index in [1.807, 2.05) is 48.5 Å². The quantitative estimate of drug-likeness (QED) is 0.660. The van der Waals surface area contributed by atoms with Gasteiger partial charge in [0.25, 0.3) is 0 Å². The van der Waals surface area contributed by atoms with Gasteiger partial charge in [-0.1, -0.05) is 30.0 Å². The third-order valence-electron chi connectivity index (χ3n) is 2.98. The van der Waals surface area contributed by atoms with Crippen LogP contribution in [0.2, 0.25) is 0 Å². The molecule has 0 amide bonds. The van der Waals surface area contributed by atoms with Crippen LogP contribution in [-0.2, 0) is 0 Å². The lowest BCUT2D eigenvalue weighted by Crippen LogP contribution is -1.94. The van der Waals surface area contributed by atoms with Crippen molar-refractivity contribution in [1.29, 1.82) is 0 Å². The molecular weight excluding hydrogens is 250 g/mol. The van der Waals surface area contributed by atoms with Gasteiger partial charge in [0.2, 0.25) is 0 Å². The fraction of sp³-hybridized carbons (Fsp3) is 0. The number of hydrogen-bond donors (Lipinski definition) is 2. The van der Waals surface area contributed by atoms with Crippen LogP contribution in [0.25, 0.3) is 10.9 Å². The molecule has 3 aromatic rings. The molecule has 0 fully saturated rings. The predicted molar refractivity (Wildman–Crippen MR) is 77.7 cm³/mol. The van der Waals surface area contributed by atoms with Crippen molar-refractivity contribution in [2.75, 3.05) is 0 Å². The fourth-order valence-corrected chi connectivity index (χ4v) is 1.99. The molecule has 0 saturated carbocycles. The third-order valence-corrected chi connectivity index (χ3v) is 2.98. The van der Waals surface area contributed by atoms with E-state index >= 15 is 0 Å². The van der Waals surface area contributed by atoms with Gasteiger partial charge < -0.3 is 10.1 Å². The maximum atomic E-state index is 10.9. The smallest absolute Gasteiger partial charge is 0.352 e. The van der Waals surface area contributed by atoms with E-state index in [1.165, 1.54) is 0 Å². The van der Waals surface area contributed by atoms with E-state index in [2.05, 4.69) is 16.8 Å². The topological polar surface area (TPSA) is 53.1 Å². The molecule has 0 radical (unpaired) electrons. The maximum Gasteiger partial charge on any atom is 0.352 e. The number of hydrogen-bond acceptors (Lipinski definition) is 1. The summed E-state index contributed by atoms with van der Waals surface area (Å²) in [6.45, 7) is 0. The SMILES string of the molecule is O=C(O)c1cc2cc(C#Cc3ccccc3)ccc2[nH]1. The van der Waals surface area contributed by atoms with Crippen molar-refractivity contribution in [3.63, 3.8) is 0 Å². The minimum Gasteiger partial charge on any atom is -0.477 e. The second-order valence-electron chi connectivity index (χ2n) is 4.41. The standard InChI is InChI=1S/C17H11NO2/c19-17(20)16-11-14-10-13(8-9-15(14)18-16)7-6-12-4-2-1-3-5-12/h1-5,8-11,18H,(H,19,20). The number of aromatic carboxylic acids is 1. The van der Waals surface area contributed by atoms with Crippen LogP contribution in [-0.4, -0.2) is 16.1 Å². The van der Waals surface area contributed by atoms with Gasteiger partial charge in [0.1, 0.15) is 5.69 Å². The molecule has 0 bridgehead atoms. The summed E-state index contributed by atoms with van der Waals surface area (Å²) in [6.07, 6.45) is 0. The summed E-state index contributed by atoms with van der Waals surface area (Å²) in [5.41, 5.74) is 2.80. The average Bonchev–Trinajstić information content (AvgIpc) is 2.89. The Morgan fingerprint density at radius 2 is 1.70 bits per heavy atom. The molecule has 96 valence electrons. The van der Waals surface area contributed by atoms with Gasteiger partial charge in [0, 0.05) is 22.0 Å². The molecule has 2 N–H and O–H groups in total. The van der Waals surface area contributed by atoms with Crippen LogP contribution in [0.4, 0.5) is 0 Å². The zero-order valence-corrected chi connectivity index (χ0v) is 10.6. The number of rotatable bonds is 1. The molecule has 0 aliphatic rings. The number of carbonyl (C=O) groups is 1. The number of benzene rings is 2. The van der Waals surface area contributed by atoms with Crippen LogP contribution in [0.3, 0.4) is 0 Å². The van der Waals surface area contributed by atoms with Gasteiger partial charge in [-0.25, -0.2) is 4.79 Å². The Morgan fingerprint density at radius 3 is 2.45 bits per heavy atom. The first-order valence-corrected chi connectivity index (χ1v) is 6.15. The molecule has 1 aromatic heterocycles. The van der Waals surface area contributed by atoms with Crippen LogP contribution in [0.1, 0.15) is 21.6 Å². The van der Waals surface area contributed by atoms with E-state index in [1.54, 1.807) is 6.07 Å². The summed E-state index contributed by atoms with van der Waals surface area (Å²) in [7, 11) is 0. The summed E-state index contributed by atoms with van der Waals surface area (Å²) in [5.74, 6) is 5.20. The summed E-state index contributed by atoms with van der Waals surface area (Å²) >= 11 is 0. The number of aromatic nitrogens is 1. The lowest BCUT2D eigenvalue weighted by atomic mass is 10.1. The number of nitrogens with one attached hydrogen (secondary N) is 1. The Kier molecular flexibility index (Phi) is 2.98. The van der Waals surface area contributed by atoms with E-state index in [0.29, 0.717) is 0 Å². The first kappa shape index (κ1) is 12.1. The van der Waals surface area contributed by atoms with Gasteiger partial charge in [0.05, 0.1) is 0 Å². The predicted octanol–water partition coefficient (Wildman–Crippen LogP) is 3.27. The Morgan fingerprint density at radius 1 is 0.950 bits per heavy atom. The molecule has 3 rings (SSSR count). The highest BCUT2D eigenvalue weighted by atomic mass is 16.4. The van der Waals surface area contributed by atoms with Gasteiger partial charge in [-0.3, -0.25) is 0 Å². The zero-order chi connectivity index (χ0) is 13.9. The normalized spacial score (nSPS) is 10.0. The number of carboxylic acid groups (broad SMARTS) is 1. The molecule has 0 atom stereocenters. The molecule has 0 aliphatic heterocycles. The lowest BCUT2D eigenvalue weighted by molar-refractivity contribution is 0.0691.